The van der Waals surface area contributed by atoms with Crippen LogP contribution in [0.3, 0.4) is 0 Å². The molecule has 0 spiro atoms. The standard InChI is InChI=1S/C13H12N4O/c1-8-4-13(15-6-10(8)14)17-9-2-3-11-12(5-9)18-7-16-11/h2-7H,14H2,1H3,(H,15,17). The summed E-state index contributed by atoms with van der Waals surface area (Å²) in [6, 6.07) is 7.61. The van der Waals surface area contributed by atoms with Crippen molar-refractivity contribution in [3.05, 3.63) is 42.4 Å². The second-order valence-electron chi connectivity index (χ2n) is 4.09. The summed E-state index contributed by atoms with van der Waals surface area (Å²) in [5.74, 6) is 0.751. The fourth-order valence-electron chi connectivity index (χ4n) is 1.72. The summed E-state index contributed by atoms with van der Waals surface area (Å²) in [6.45, 7) is 1.95. The monoisotopic (exact) mass is 240 g/mol. The zero-order valence-electron chi connectivity index (χ0n) is 9.84. The van der Waals surface area contributed by atoms with Gasteiger partial charge in [-0.25, -0.2) is 9.97 Å². The summed E-state index contributed by atoms with van der Waals surface area (Å²) >= 11 is 0. The third kappa shape index (κ3) is 1.86. The van der Waals surface area contributed by atoms with Crippen LogP contribution in [-0.2, 0) is 0 Å². The average molecular weight is 240 g/mol. The Morgan fingerprint density at radius 3 is 2.94 bits per heavy atom. The van der Waals surface area contributed by atoms with Gasteiger partial charge in [0.1, 0.15) is 11.3 Å². The second-order valence-corrected chi connectivity index (χ2v) is 4.09. The molecule has 18 heavy (non-hydrogen) atoms. The summed E-state index contributed by atoms with van der Waals surface area (Å²) < 4.78 is 5.25. The summed E-state index contributed by atoms with van der Waals surface area (Å²) in [5.41, 5.74) is 9.89. The Morgan fingerprint density at radius 1 is 1.22 bits per heavy atom. The molecule has 0 saturated heterocycles. The zero-order valence-corrected chi connectivity index (χ0v) is 9.84. The van der Waals surface area contributed by atoms with Crippen LogP contribution in [0.2, 0.25) is 0 Å². The predicted octanol–water partition coefficient (Wildman–Crippen LogP) is 2.86. The van der Waals surface area contributed by atoms with Crippen molar-refractivity contribution >= 4 is 28.3 Å². The molecule has 0 aliphatic carbocycles. The number of rotatable bonds is 2. The maximum Gasteiger partial charge on any atom is 0.181 e. The quantitative estimate of drug-likeness (QED) is 0.720. The van der Waals surface area contributed by atoms with Crippen molar-refractivity contribution in [2.75, 3.05) is 11.1 Å². The van der Waals surface area contributed by atoms with E-state index in [1.54, 1.807) is 6.20 Å². The molecule has 0 bridgehead atoms. The highest BCUT2D eigenvalue weighted by atomic mass is 16.3. The molecule has 0 saturated carbocycles. The van der Waals surface area contributed by atoms with Crippen molar-refractivity contribution < 1.29 is 4.42 Å². The SMILES string of the molecule is Cc1cc(Nc2ccc3ncoc3c2)ncc1N. The van der Waals surface area contributed by atoms with Crippen LogP contribution in [0.4, 0.5) is 17.2 Å². The maximum atomic E-state index is 5.73. The molecular formula is C13H12N4O. The summed E-state index contributed by atoms with van der Waals surface area (Å²) in [6.07, 6.45) is 3.07. The summed E-state index contributed by atoms with van der Waals surface area (Å²) in [7, 11) is 0. The number of anilines is 3. The van der Waals surface area contributed by atoms with E-state index in [0.29, 0.717) is 5.69 Å². The molecule has 0 unspecified atom stereocenters. The minimum Gasteiger partial charge on any atom is -0.443 e. The van der Waals surface area contributed by atoms with E-state index in [1.165, 1.54) is 6.39 Å². The summed E-state index contributed by atoms with van der Waals surface area (Å²) in [5, 5.41) is 3.20. The van der Waals surface area contributed by atoms with Crippen LogP contribution in [0.15, 0.2) is 41.3 Å². The lowest BCUT2D eigenvalue weighted by molar-refractivity contribution is 0.602. The molecule has 5 nitrogen and oxygen atoms in total. The first-order chi connectivity index (χ1) is 8.72. The topological polar surface area (TPSA) is 77.0 Å². The Bertz CT molecular complexity index is 705. The number of nitrogens with zero attached hydrogens (tertiary/aromatic N) is 2. The van der Waals surface area contributed by atoms with E-state index < -0.39 is 0 Å². The van der Waals surface area contributed by atoms with E-state index in [9.17, 15) is 0 Å². The lowest BCUT2D eigenvalue weighted by Gasteiger charge is -2.07. The minimum atomic E-state index is 0.686. The largest absolute Gasteiger partial charge is 0.443 e. The van der Waals surface area contributed by atoms with Crippen LogP contribution in [0.5, 0.6) is 0 Å². The number of aromatic nitrogens is 2. The van der Waals surface area contributed by atoms with Crippen LogP contribution >= 0.6 is 0 Å². The average Bonchev–Trinajstić information content (AvgIpc) is 2.81. The molecule has 3 rings (SSSR count). The maximum absolute atomic E-state index is 5.73. The van der Waals surface area contributed by atoms with Crippen molar-refractivity contribution in [2.24, 2.45) is 0 Å². The van der Waals surface area contributed by atoms with Gasteiger partial charge in [0.05, 0.1) is 11.9 Å². The number of fused-ring (bicyclic) bond motifs is 1. The molecule has 0 aliphatic heterocycles. The van der Waals surface area contributed by atoms with Gasteiger partial charge in [-0.05, 0) is 30.7 Å². The van der Waals surface area contributed by atoms with Gasteiger partial charge in [0.2, 0.25) is 0 Å². The minimum absolute atomic E-state index is 0.686. The molecule has 0 aliphatic rings. The molecule has 0 fully saturated rings. The molecule has 90 valence electrons. The smallest absolute Gasteiger partial charge is 0.181 e. The van der Waals surface area contributed by atoms with Crippen LogP contribution in [0.25, 0.3) is 11.1 Å². The van der Waals surface area contributed by atoms with Gasteiger partial charge in [-0.1, -0.05) is 0 Å². The number of hydrogen-bond donors (Lipinski definition) is 2. The molecule has 1 aromatic carbocycles. The highest BCUT2D eigenvalue weighted by molar-refractivity contribution is 5.78. The molecule has 0 amide bonds. The number of aryl methyl sites for hydroxylation is 1. The van der Waals surface area contributed by atoms with Gasteiger partial charge in [0.25, 0.3) is 0 Å². The third-order valence-electron chi connectivity index (χ3n) is 2.75. The number of oxazole rings is 1. The molecule has 3 aromatic rings. The van der Waals surface area contributed by atoms with Crippen LogP contribution in [0.1, 0.15) is 5.56 Å². The highest BCUT2D eigenvalue weighted by Gasteiger charge is 2.02. The van der Waals surface area contributed by atoms with E-state index >= 15 is 0 Å². The summed E-state index contributed by atoms with van der Waals surface area (Å²) in [4.78, 5) is 8.29. The van der Waals surface area contributed by atoms with Crippen molar-refractivity contribution in [2.45, 2.75) is 6.92 Å². The molecule has 0 atom stereocenters. The van der Waals surface area contributed by atoms with E-state index in [2.05, 4.69) is 15.3 Å². The fraction of sp³-hybridized carbons (Fsp3) is 0.0769. The van der Waals surface area contributed by atoms with Crippen molar-refractivity contribution in [1.29, 1.82) is 0 Å². The first-order valence-corrected chi connectivity index (χ1v) is 5.55. The van der Waals surface area contributed by atoms with Gasteiger partial charge in [0.15, 0.2) is 12.0 Å². The molecule has 2 heterocycles. The number of benzene rings is 1. The van der Waals surface area contributed by atoms with Crippen LogP contribution < -0.4 is 11.1 Å². The van der Waals surface area contributed by atoms with E-state index in [0.717, 1.165) is 28.2 Å². The molecule has 3 N–H and O–H groups in total. The van der Waals surface area contributed by atoms with Crippen molar-refractivity contribution in [3.63, 3.8) is 0 Å². The Labute approximate surface area is 104 Å². The second kappa shape index (κ2) is 4.03. The predicted molar refractivity (Wildman–Crippen MR) is 70.7 cm³/mol. The van der Waals surface area contributed by atoms with Gasteiger partial charge in [0, 0.05) is 11.8 Å². The van der Waals surface area contributed by atoms with Gasteiger partial charge >= 0.3 is 0 Å². The Morgan fingerprint density at radius 2 is 2.11 bits per heavy atom. The van der Waals surface area contributed by atoms with Crippen LogP contribution in [-0.4, -0.2) is 9.97 Å². The number of pyridine rings is 1. The fourth-order valence-corrected chi connectivity index (χ4v) is 1.72. The van der Waals surface area contributed by atoms with Gasteiger partial charge in [-0.3, -0.25) is 0 Å². The Balaban J connectivity index is 1.92. The van der Waals surface area contributed by atoms with E-state index in [-0.39, 0.29) is 0 Å². The van der Waals surface area contributed by atoms with E-state index in [1.807, 2.05) is 31.2 Å². The molecule has 5 heteroatoms. The number of nitrogens with two attached hydrogens (primary N) is 1. The third-order valence-corrected chi connectivity index (χ3v) is 2.75. The first-order valence-electron chi connectivity index (χ1n) is 5.55. The lowest BCUT2D eigenvalue weighted by Crippen LogP contribution is -1.97. The number of hydrogen-bond acceptors (Lipinski definition) is 5. The molecule has 0 radical (unpaired) electrons. The molecular weight excluding hydrogens is 228 g/mol. The van der Waals surface area contributed by atoms with E-state index in [4.69, 9.17) is 10.2 Å². The van der Waals surface area contributed by atoms with Gasteiger partial charge in [-0.2, -0.15) is 0 Å². The first kappa shape index (κ1) is 10.6. The normalized spacial score (nSPS) is 10.7. The Hall–Kier alpha value is -2.56. The number of nitrogen functional groups attached to an aromatic ring is 1. The number of nitrogens with one attached hydrogen (secondary N) is 1. The van der Waals surface area contributed by atoms with Crippen LogP contribution in [0, 0.1) is 6.92 Å². The van der Waals surface area contributed by atoms with Crippen molar-refractivity contribution in [3.8, 4) is 0 Å². The zero-order chi connectivity index (χ0) is 12.5. The van der Waals surface area contributed by atoms with Crippen molar-refractivity contribution in [1.82, 2.24) is 9.97 Å². The highest BCUT2D eigenvalue weighted by Crippen LogP contribution is 2.22. The lowest BCUT2D eigenvalue weighted by atomic mass is 10.2. The van der Waals surface area contributed by atoms with Gasteiger partial charge < -0.3 is 15.5 Å². The molecule has 2 aromatic heterocycles. The Kier molecular flexibility index (Phi) is 2.37. The van der Waals surface area contributed by atoms with Gasteiger partial charge in [-0.15, -0.1) is 0 Å².